The van der Waals surface area contributed by atoms with Crippen molar-refractivity contribution in [2.24, 2.45) is 0 Å². The fourth-order valence-electron chi connectivity index (χ4n) is 4.59. The van der Waals surface area contributed by atoms with Gasteiger partial charge in [0, 0.05) is 11.5 Å². The van der Waals surface area contributed by atoms with Gasteiger partial charge in [-0.3, -0.25) is 4.79 Å². The smallest absolute Gasteiger partial charge is 0.255 e. The molecule has 0 bridgehead atoms. The van der Waals surface area contributed by atoms with Crippen molar-refractivity contribution in [1.29, 1.82) is 5.26 Å². The van der Waals surface area contributed by atoms with Crippen molar-refractivity contribution in [1.82, 2.24) is 4.90 Å². The first-order valence-corrected chi connectivity index (χ1v) is 10.0. The molecule has 2 aromatic rings. The second-order valence-corrected chi connectivity index (χ2v) is 7.63. The zero-order valence-electron chi connectivity index (χ0n) is 16.1. The van der Waals surface area contributed by atoms with Crippen molar-refractivity contribution >= 4 is 11.5 Å². The van der Waals surface area contributed by atoms with E-state index in [9.17, 15) is 19.6 Å². The molecule has 3 atom stereocenters. The highest BCUT2D eigenvalue weighted by Crippen LogP contribution is 2.44. The molecule has 2 aromatic carbocycles. The summed E-state index contributed by atoms with van der Waals surface area (Å²) in [5, 5.41) is 19.9. The summed E-state index contributed by atoms with van der Waals surface area (Å²) in [5.74, 6) is -1.21. The number of likely N-dealkylation sites (tertiary alicyclic amines) is 1. The van der Waals surface area contributed by atoms with E-state index in [2.05, 4.69) is 18.2 Å². The second-order valence-electron chi connectivity index (χ2n) is 7.63. The van der Waals surface area contributed by atoms with Gasteiger partial charge in [0.15, 0.2) is 0 Å². The number of benzene rings is 2. The maximum absolute atomic E-state index is 13.6. The fraction of sp³-hybridized carbons (Fsp3) is 0.333. The maximum Gasteiger partial charge on any atom is 0.255 e. The number of aliphatic hydroxyl groups excluding tert-OH is 1. The van der Waals surface area contributed by atoms with Gasteiger partial charge in [0.2, 0.25) is 0 Å². The van der Waals surface area contributed by atoms with Gasteiger partial charge in [0.05, 0.1) is 18.7 Å². The molecule has 1 N–H and O–H groups in total. The summed E-state index contributed by atoms with van der Waals surface area (Å²) in [6.07, 6.45) is 6.62. The Labute approximate surface area is 169 Å². The summed E-state index contributed by atoms with van der Waals surface area (Å²) in [5.41, 5.74) is 3.56. The molecule has 1 saturated heterocycles. The number of nitrogens with zero attached hydrogens (tertiary/aromatic N) is 2. The van der Waals surface area contributed by atoms with Crippen LogP contribution in [-0.2, 0) is 0 Å². The largest absolute Gasteiger partial charge is 0.394 e. The summed E-state index contributed by atoms with van der Waals surface area (Å²) >= 11 is 0. The Balaban J connectivity index is 1.69. The number of rotatable bonds is 4. The van der Waals surface area contributed by atoms with Crippen LogP contribution >= 0.6 is 0 Å². The predicted molar refractivity (Wildman–Crippen MR) is 108 cm³/mol. The fourth-order valence-corrected chi connectivity index (χ4v) is 4.59. The number of nitriles is 1. The van der Waals surface area contributed by atoms with Gasteiger partial charge in [0.1, 0.15) is 11.9 Å². The first-order valence-electron chi connectivity index (χ1n) is 10.0. The van der Waals surface area contributed by atoms with E-state index in [4.69, 9.17) is 0 Å². The highest BCUT2D eigenvalue weighted by molar-refractivity contribution is 5.96. The van der Waals surface area contributed by atoms with Crippen LogP contribution in [-0.4, -0.2) is 34.6 Å². The molecule has 4 rings (SSSR count). The minimum absolute atomic E-state index is 0.186. The molecule has 0 unspecified atom stereocenters. The van der Waals surface area contributed by atoms with Crippen LogP contribution in [0.3, 0.4) is 0 Å². The Morgan fingerprint density at radius 2 is 2.03 bits per heavy atom. The molecule has 148 valence electrons. The third-order valence-corrected chi connectivity index (χ3v) is 5.99. The van der Waals surface area contributed by atoms with Gasteiger partial charge in [-0.1, -0.05) is 36.4 Å². The predicted octanol–water partition coefficient (Wildman–Crippen LogP) is 4.28. The van der Waals surface area contributed by atoms with E-state index in [-0.39, 0.29) is 18.1 Å². The van der Waals surface area contributed by atoms with E-state index < -0.39 is 23.8 Å². The van der Waals surface area contributed by atoms with Crippen molar-refractivity contribution in [3.05, 3.63) is 77.1 Å². The van der Waals surface area contributed by atoms with Crippen molar-refractivity contribution < 1.29 is 14.3 Å². The summed E-state index contributed by atoms with van der Waals surface area (Å²) < 4.78 is 13.6. The van der Waals surface area contributed by atoms with Gasteiger partial charge in [0.25, 0.3) is 5.91 Å². The lowest BCUT2D eigenvalue weighted by molar-refractivity contribution is -0.00595. The molecule has 0 radical (unpaired) electrons. The van der Waals surface area contributed by atoms with E-state index in [0.29, 0.717) is 0 Å². The van der Waals surface area contributed by atoms with Gasteiger partial charge in [-0.15, -0.1) is 0 Å². The Morgan fingerprint density at radius 3 is 2.72 bits per heavy atom. The van der Waals surface area contributed by atoms with Gasteiger partial charge >= 0.3 is 0 Å². The van der Waals surface area contributed by atoms with Crippen LogP contribution in [0.4, 0.5) is 4.39 Å². The van der Waals surface area contributed by atoms with E-state index in [1.807, 2.05) is 18.2 Å². The zero-order chi connectivity index (χ0) is 20.4. The molecule has 1 aliphatic heterocycles. The van der Waals surface area contributed by atoms with Gasteiger partial charge in [-0.2, -0.15) is 5.26 Å². The molecule has 1 heterocycles. The standard InChI is InChI=1S/C24H23FN2O2/c25-18-10-6-9-17(13-18)24(29)27-21(14-26)23(22(27)15-28)20-12-5-4-11-19(20)16-7-2-1-3-8-16/h4-7,9-13,21-23,28H,1-3,8,15H2/t21-,22+,23+/m0/s1. The normalized spacial score (nSPS) is 23.7. The number of carbonyl (C=O) groups excluding carboxylic acids is 1. The minimum Gasteiger partial charge on any atom is -0.394 e. The van der Waals surface area contributed by atoms with Crippen molar-refractivity contribution in [3.8, 4) is 6.07 Å². The molecule has 1 amide bonds. The zero-order valence-corrected chi connectivity index (χ0v) is 16.1. The lowest BCUT2D eigenvalue weighted by Gasteiger charge is -2.52. The average molecular weight is 390 g/mol. The Kier molecular flexibility index (Phi) is 5.46. The number of hydrogen-bond donors (Lipinski definition) is 1. The van der Waals surface area contributed by atoms with Gasteiger partial charge in [-0.05, 0) is 60.6 Å². The van der Waals surface area contributed by atoms with E-state index in [1.54, 1.807) is 0 Å². The van der Waals surface area contributed by atoms with Crippen molar-refractivity contribution in [2.45, 2.75) is 43.7 Å². The third kappa shape index (κ3) is 3.45. The van der Waals surface area contributed by atoms with Crippen LogP contribution in [0.5, 0.6) is 0 Å². The molecule has 2 aliphatic rings. The molecule has 1 aliphatic carbocycles. The highest BCUT2D eigenvalue weighted by atomic mass is 19.1. The van der Waals surface area contributed by atoms with Crippen molar-refractivity contribution in [3.63, 3.8) is 0 Å². The van der Waals surface area contributed by atoms with Crippen LogP contribution in [0.15, 0.2) is 54.6 Å². The highest BCUT2D eigenvalue weighted by Gasteiger charge is 2.52. The summed E-state index contributed by atoms with van der Waals surface area (Å²) in [7, 11) is 0. The molecule has 0 aromatic heterocycles. The molecular formula is C24H23FN2O2. The number of halogens is 1. The molecule has 4 nitrogen and oxygen atoms in total. The Hall–Kier alpha value is -2.97. The van der Waals surface area contributed by atoms with Crippen LogP contribution in [0.25, 0.3) is 5.57 Å². The van der Waals surface area contributed by atoms with Crippen LogP contribution in [0.1, 0.15) is 53.1 Å². The number of aliphatic hydroxyl groups is 1. The lowest BCUT2D eigenvalue weighted by Crippen LogP contribution is -2.65. The first-order chi connectivity index (χ1) is 14.2. The van der Waals surface area contributed by atoms with Crippen LogP contribution in [0.2, 0.25) is 0 Å². The van der Waals surface area contributed by atoms with E-state index in [1.165, 1.54) is 41.2 Å². The second kappa shape index (κ2) is 8.18. The van der Waals surface area contributed by atoms with E-state index in [0.717, 1.165) is 30.4 Å². The van der Waals surface area contributed by atoms with Gasteiger partial charge < -0.3 is 10.0 Å². The number of amides is 1. The minimum atomic E-state index is -0.701. The van der Waals surface area contributed by atoms with Crippen LogP contribution in [0, 0.1) is 17.1 Å². The third-order valence-electron chi connectivity index (χ3n) is 5.99. The molecule has 29 heavy (non-hydrogen) atoms. The monoisotopic (exact) mass is 390 g/mol. The maximum atomic E-state index is 13.6. The molecule has 0 saturated carbocycles. The SMILES string of the molecule is N#C[C@H]1[C@@H](c2ccccc2C2=CCCCC2)[C@@H](CO)N1C(=O)c1cccc(F)c1. The Bertz CT molecular complexity index is 994. The number of hydrogen-bond acceptors (Lipinski definition) is 3. The molecular weight excluding hydrogens is 367 g/mol. The van der Waals surface area contributed by atoms with Crippen LogP contribution < -0.4 is 0 Å². The number of carbonyl (C=O) groups is 1. The van der Waals surface area contributed by atoms with E-state index >= 15 is 0 Å². The lowest BCUT2D eigenvalue weighted by atomic mass is 9.72. The quantitative estimate of drug-likeness (QED) is 0.848. The summed E-state index contributed by atoms with van der Waals surface area (Å²) in [4.78, 5) is 14.4. The summed E-state index contributed by atoms with van der Waals surface area (Å²) in [6, 6.07) is 14.4. The van der Waals surface area contributed by atoms with Gasteiger partial charge in [-0.25, -0.2) is 4.39 Å². The topological polar surface area (TPSA) is 64.3 Å². The Morgan fingerprint density at radius 1 is 1.21 bits per heavy atom. The summed E-state index contributed by atoms with van der Waals surface area (Å²) in [6.45, 7) is -0.253. The number of allylic oxidation sites excluding steroid dienone is 2. The molecule has 5 heteroatoms. The van der Waals surface area contributed by atoms with Crippen molar-refractivity contribution in [2.75, 3.05) is 6.61 Å². The average Bonchev–Trinajstić information content (AvgIpc) is 2.74. The molecule has 1 fully saturated rings. The first kappa shape index (κ1) is 19.4. The molecule has 0 spiro atoms.